The van der Waals surface area contributed by atoms with Crippen LogP contribution in [0.4, 0.5) is 0 Å². The van der Waals surface area contributed by atoms with Crippen molar-refractivity contribution < 1.29 is 4.42 Å². The lowest BCUT2D eigenvalue weighted by Crippen LogP contribution is -2.03. The van der Waals surface area contributed by atoms with Gasteiger partial charge in [0, 0.05) is 38.2 Å². The van der Waals surface area contributed by atoms with E-state index in [2.05, 4.69) is 83.4 Å². The van der Waals surface area contributed by atoms with E-state index in [-0.39, 0.29) is 0 Å². The normalized spacial score (nSPS) is 11.6. The van der Waals surface area contributed by atoms with Crippen LogP contribution in [0.2, 0.25) is 0 Å². The smallest absolute Gasteiger partial charge is 0.166 e. The Bertz CT molecular complexity index is 2460. The minimum absolute atomic E-state index is 0.609. The summed E-state index contributed by atoms with van der Waals surface area (Å²) in [6.45, 7) is 0. The van der Waals surface area contributed by atoms with Crippen LogP contribution in [-0.4, -0.2) is 19.5 Å². The third-order valence-corrected chi connectivity index (χ3v) is 8.27. The first-order valence-electron chi connectivity index (χ1n) is 14.6. The maximum atomic E-state index is 6.10. The van der Waals surface area contributed by atoms with E-state index < -0.39 is 0 Å². The summed E-state index contributed by atoms with van der Waals surface area (Å²) < 4.78 is 8.42. The van der Waals surface area contributed by atoms with Crippen molar-refractivity contribution in [3.63, 3.8) is 0 Å². The Labute approximate surface area is 252 Å². The van der Waals surface area contributed by atoms with E-state index in [0.717, 1.165) is 55.3 Å². The molecule has 3 aromatic heterocycles. The molecule has 5 nitrogen and oxygen atoms in total. The van der Waals surface area contributed by atoms with E-state index in [4.69, 9.17) is 19.4 Å². The predicted octanol–water partition coefficient (Wildman–Crippen LogP) is 9.87. The molecule has 0 spiro atoms. The molecule has 9 aromatic rings. The standard InChI is InChI=1S/C39H24N4O/c1-2-12-25(13-3-1)37-40-38(26-22-23-36-31(24-26)29-16-7-11-21-35(29)44-36)42-39(41-37)30-17-6-10-20-34(30)43-32-18-8-4-14-27(32)28-15-5-9-19-33(28)43/h1-24H. The molecule has 0 atom stereocenters. The van der Waals surface area contributed by atoms with Gasteiger partial charge in [-0.25, -0.2) is 15.0 Å². The Morgan fingerprint density at radius 3 is 1.75 bits per heavy atom. The van der Waals surface area contributed by atoms with E-state index in [1.807, 2.05) is 66.7 Å². The van der Waals surface area contributed by atoms with E-state index in [0.29, 0.717) is 17.5 Å². The lowest BCUT2D eigenvalue weighted by molar-refractivity contribution is 0.669. The van der Waals surface area contributed by atoms with Gasteiger partial charge in [-0.15, -0.1) is 0 Å². The van der Waals surface area contributed by atoms with Gasteiger partial charge in [-0.1, -0.05) is 97.1 Å². The molecule has 6 aromatic carbocycles. The average molecular weight is 565 g/mol. The molecule has 0 amide bonds. The highest BCUT2D eigenvalue weighted by Crippen LogP contribution is 2.37. The molecule has 0 bridgehead atoms. The molecule has 0 saturated heterocycles. The zero-order chi connectivity index (χ0) is 29.0. The predicted molar refractivity (Wildman–Crippen MR) is 178 cm³/mol. The quantitative estimate of drug-likeness (QED) is 0.213. The van der Waals surface area contributed by atoms with Gasteiger partial charge in [0.1, 0.15) is 11.2 Å². The van der Waals surface area contributed by atoms with Crippen molar-refractivity contribution in [2.45, 2.75) is 0 Å². The molecule has 0 saturated carbocycles. The van der Waals surface area contributed by atoms with Crippen LogP contribution in [0.5, 0.6) is 0 Å². The second kappa shape index (κ2) is 9.75. The minimum Gasteiger partial charge on any atom is -0.456 e. The first kappa shape index (κ1) is 24.5. The largest absolute Gasteiger partial charge is 0.456 e. The molecular weight excluding hydrogens is 540 g/mol. The third kappa shape index (κ3) is 3.83. The Balaban J connectivity index is 1.30. The minimum atomic E-state index is 0.609. The van der Waals surface area contributed by atoms with Crippen LogP contribution in [-0.2, 0) is 0 Å². The number of fused-ring (bicyclic) bond motifs is 6. The van der Waals surface area contributed by atoms with E-state index in [9.17, 15) is 0 Å². The maximum absolute atomic E-state index is 6.10. The van der Waals surface area contributed by atoms with Crippen LogP contribution >= 0.6 is 0 Å². The Morgan fingerprint density at radius 1 is 0.409 bits per heavy atom. The Hall–Kier alpha value is -6.07. The van der Waals surface area contributed by atoms with Crippen molar-refractivity contribution >= 4 is 43.7 Å². The third-order valence-electron chi connectivity index (χ3n) is 8.27. The molecule has 0 radical (unpaired) electrons. The summed E-state index contributed by atoms with van der Waals surface area (Å²) in [5.74, 6) is 1.85. The topological polar surface area (TPSA) is 56.7 Å². The van der Waals surface area contributed by atoms with Crippen molar-refractivity contribution in [3.05, 3.63) is 146 Å². The second-order valence-electron chi connectivity index (χ2n) is 10.9. The van der Waals surface area contributed by atoms with Crippen molar-refractivity contribution in [3.8, 4) is 39.9 Å². The molecule has 0 fully saturated rings. The summed E-state index contributed by atoms with van der Waals surface area (Å²) in [7, 11) is 0. The lowest BCUT2D eigenvalue weighted by atomic mass is 10.1. The van der Waals surface area contributed by atoms with Gasteiger partial charge in [0.05, 0.1) is 16.7 Å². The summed E-state index contributed by atoms with van der Waals surface area (Å²) in [4.78, 5) is 15.2. The van der Waals surface area contributed by atoms with E-state index in [1.165, 1.54) is 10.8 Å². The number of aromatic nitrogens is 4. The van der Waals surface area contributed by atoms with E-state index in [1.54, 1.807) is 0 Å². The summed E-state index contributed by atoms with van der Waals surface area (Å²) in [5, 5.41) is 4.52. The molecule has 0 N–H and O–H groups in total. The summed E-state index contributed by atoms with van der Waals surface area (Å²) in [6, 6.07) is 49.8. The highest BCUT2D eigenvalue weighted by atomic mass is 16.3. The van der Waals surface area contributed by atoms with Gasteiger partial charge in [-0.2, -0.15) is 0 Å². The monoisotopic (exact) mass is 564 g/mol. The molecule has 206 valence electrons. The van der Waals surface area contributed by atoms with Gasteiger partial charge < -0.3 is 8.98 Å². The molecule has 5 heteroatoms. The summed E-state index contributed by atoms with van der Waals surface area (Å²) in [5.41, 5.74) is 7.74. The van der Waals surface area contributed by atoms with Crippen LogP contribution in [0.3, 0.4) is 0 Å². The van der Waals surface area contributed by atoms with Crippen molar-refractivity contribution in [1.29, 1.82) is 0 Å². The van der Waals surface area contributed by atoms with Gasteiger partial charge in [0.15, 0.2) is 17.5 Å². The van der Waals surface area contributed by atoms with Gasteiger partial charge in [0.2, 0.25) is 0 Å². The van der Waals surface area contributed by atoms with Gasteiger partial charge in [-0.3, -0.25) is 0 Å². The van der Waals surface area contributed by atoms with Crippen LogP contribution in [0.25, 0.3) is 83.6 Å². The highest BCUT2D eigenvalue weighted by Gasteiger charge is 2.19. The van der Waals surface area contributed by atoms with Gasteiger partial charge >= 0.3 is 0 Å². The fraction of sp³-hybridized carbons (Fsp3) is 0. The molecule has 0 aliphatic rings. The summed E-state index contributed by atoms with van der Waals surface area (Å²) in [6.07, 6.45) is 0. The molecular formula is C39H24N4O. The summed E-state index contributed by atoms with van der Waals surface area (Å²) >= 11 is 0. The number of hydrogen-bond acceptors (Lipinski definition) is 4. The highest BCUT2D eigenvalue weighted by molar-refractivity contribution is 6.10. The van der Waals surface area contributed by atoms with Crippen molar-refractivity contribution in [2.75, 3.05) is 0 Å². The van der Waals surface area contributed by atoms with Gasteiger partial charge in [-0.05, 0) is 48.5 Å². The molecule has 0 aliphatic heterocycles. The number of benzene rings is 6. The zero-order valence-electron chi connectivity index (χ0n) is 23.6. The fourth-order valence-electron chi connectivity index (χ4n) is 6.25. The molecule has 9 rings (SSSR count). The first-order valence-corrected chi connectivity index (χ1v) is 14.6. The van der Waals surface area contributed by atoms with Gasteiger partial charge in [0.25, 0.3) is 0 Å². The number of nitrogens with zero attached hydrogens (tertiary/aromatic N) is 4. The number of hydrogen-bond donors (Lipinski definition) is 0. The Kier molecular flexibility index (Phi) is 5.43. The maximum Gasteiger partial charge on any atom is 0.166 e. The van der Waals surface area contributed by atoms with Crippen molar-refractivity contribution in [2.24, 2.45) is 0 Å². The molecule has 0 unspecified atom stereocenters. The number of rotatable bonds is 4. The van der Waals surface area contributed by atoms with Crippen LogP contribution in [0.1, 0.15) is 0 Å². The zero-order valence-corrected chi connectivity index (χ0v) is 23.6. The Morgan fingerprint density at radius 2 is 0.977 bits per heavy atom. The molecule has 3 heterocycles. The second-order valence-corrected chi connectivity index (χ2v) is 10.9. The van der Waals surface area contributed by atoms with E-state index >= 15 is 0 Å². The van der Waals surface area contributed by atoms with Crippen molar-refractivity contribution in [1.82, 2.24) is 19.5 Å². The first-order chi connectivity index (χ1) is 21.8. The molecule has 0 aliphatic carbocycles. The SMILES string of the molecule is c1ccc(-c2nc(-c3ccc4oc5ccccc5c4c3)nc(-c3ccccc3-n3c4ccccc4c4ccccc43)n2)cc1. The van der Waals surface area contributed by atoms with Crippen LogP contribution in [0.15, 0.2) is 150 Å². The lowest BCUT2D eigenvalue weighted by Gasteiger charge is -2.14. The molecule has 44 heavy (non-hydrogen) atoms. The number of furan rings is 1. The van der Waals surface area contributed by atoms with Crippen LogP contribution < -0.4 is 0 Å². The number of para-hydroxylation sites is 4. The van der Waals surface area contributed by atoms with Crippen LogP contribution in [0, 0.1) is 0 Å². The fourth-order valence-corrected chi connectivity index (χ4v) is 6.25. The average Bonchev–Trinajstić information content (AvgIpc) is 3.64.